The summed E-state index contributed by atoms with van der Waals surface area (Å²) in [5.41, 5.74) is 1.94. The van der Waals surface area contributed by atoms with E-state index in [0.29, 0.717) is 12.8 Å². The monoisotopic (exact) mass is 401 g/mol. The van der Waals surface area contributed by atoms with E-state index in [1.54, 1.807) is 14.1 Å². The molecule has 0 aliphatic rings. The fourth-order valence-corrected chi connectivity index (χ4v) is 3.65. The molecule has 2 N–H and O–H groups in total. The smallest absolute Gasteiger partial charge is 0.306 e. The van der Waals surface area contributed by atoms with Crippen LogP contribution in [0.1, 0.15) is 32.3 Å². The van der Waals surface area contributed by atoms with Gasteiger partial charge in [0.05, 0.1) is 13.5 Å². The molecule has 0 saturated heterocycles. The molecule has 2 amide bonds. The fourth-order valence-electron chi connectivity index (χ4n) is 3.65. The number of ether oxygens (including phenoxy) is 1. The number of esters is 1. The number of hydrogen-bond acceptors (Lipinski definition) is 4. The molecule has 0 aliphatic heterocycles. The average molecular weight is 402 g/mol. The van der Waals surface area contributed by atoms with Crippen molar-refractivity contribution in [1.29, 1.82) is 0 Å². The highest BCUT2D eigenvalue weighted by atomic mass is 16.5. The molecular formula is C22H31N3O4. The van der Waals surface area contributed by atoms with Gasteiger partial charge in [-0.1, -0.05) is 32.0 Å². The molecule has 1 aromatic heterocycles. The predicted octanol–water partition coefficient (Wildman–Crippen LogP) is 2.51. The van der Waals surface area contributed by atoms with E-state index in [1.807, 2.05) is 44.3 Å². The van der Waals surface area contributed by atoms with Crippen LogP contribution in [-0.4, -0.2) is 54.9 Å². The van der Waals surface area contributed by atoms with Crippen LogP contribution >= 0.6 is 0 Å². The number of aromatic amines is 1. The molecule has 0 spiro atoms. The fraction of sp³-hybridized carbons (Fsp3) is 0.500. The molecule has 1 aromatic carbocycles. The lowest BCUT2D eigenvalue weighted by molar-refractivity contribution is -0.148. The first-order valence-corrected chi connectivity index (χ1v) is 9.88. The Hall–Kier alpha value is -2.83. The van der Waals surface area contributed by atoms with Gasteiger partial charge in [0, 0.05) is 43.5 Å². The van der Waals surface area contributed by atoms with Crippen LogP contribution in [-0.2, 0) is 25.5 Å². The van der Waals surface area contributed by atoms with Crippen molar-refractivity contribution in [2.24, 2.45) is 11.8 Å². The van der Waals surface area contributed by atoms with E-state index in [2.05, 4.69) is 10.3 Å². The summed E-state index contributed by atoms with van der Waals surface area (Å²) in [4.78, 5) is 42.3. The third-order valence-electron chi connectivity index (χ3n) is 5.20. The number of benzene rings is 1. The summed E-state index contributed by atoms with van der Waals surface area (Å²) in [7, 11) is 4.50. The van der Waals surface area contributed by atoms with Crippen LogP contribution in [0.4, 0.5) is 0 Å². The third kappa shape index (κ3) is 5.59. The number of nitrogens with zero attached hydrogens (tertiary/aromatic N) is 1. The number of amides is 2. The van der Waals surface area contributed by atoms with Gasteiger partial charge in [0.2, 0.25) is 11.8 Å². The van der Waals surface area contributed by atoms with Crippen molar-refractivity contribution in [3.8, 4) is 0 Å². The Morgan fingerprint density at radius 2 is 1.90 bits per heavy atom. The summed E-state index contributed by atoms with van der Waals surface area (Å²) in [6.45, 7) is 4.00. The number of likely N-dealkylation sites (N-methyl/N-ethyl adjacent to an activating group) is 2. The summed E-state index contributed by atoms with van der Waals surface area (Å²) in [6.07, 6.45) is 2.80. The Balaban J connectivity index is 2.28. The molecule has 1 heterocycles. The average Bonchev–Trinajstić information content (AvgIpc) is 3.12. The summed E-state index contributed by atoms with van der Waals surface area (Å²) in [5, 5.41) is 3.68. The molecule has 2 aromatic rings. The predicted molar refractivity (Wildman–Crippen MR) is 112 cm³/mol. The Morgan fingerprint density at radius 1 is 1.21 bits per heavy atom. The first-order valence-electron chi connectivity index (χ1n) is 9.88. The van der Waals surface area contributed by atoms with Crippen molar-refractivity contribution in [1.82, 2.24) is 15.2 Å². The molecule has 158 valence electrons. The number of hydrogen-bond donors (Lipinski definition) is 2. The molecule has 0 bridgehead atoms. The summed E-state index contributed by atoms with van der Waals surface area (Å²) < 4.78 is 4.76. The van der Waals surface area contributed by atoms with E-state index in [4.69, 9.17) is 4.74 Å². The Bertz CT molecular complexity index is 859. The zero-order valence-corrected chi connectivity index (χ0v) is 17.8. The van der Waals surface area contributed by atoms with E-state index >= 15 is 0 Å². The van der Waals surface area contributed by atoms with Gasteiger partial charge >= 0.3 is 5.97 Å². The largest absolute Gasteiger partial charge is 0.469 e. The van der Waals surface area contributed by atoms with Crippen molar-refractivity contribution >= 4 is 28.7 Å². The van der Waals surface area contributed by atoms with Crippen molar-refractivity contribution in [2.45, 2.75) is 39.2 Å². The van der Waals surface area contributed by atoms with Crippen LogP contribution in [0.25, 0.3) is 10.9 Å². The van der Waals surface area contributed by atoms with Crippen molar-refractivity contribution in [3.05, 3.63) is 36.0 Å². The highest BCUT2D eigenvalue weighted by molar-refractivity contribution is 5.91. The van der Waals surface area contributed by atoms with E-state index < -0.39 is 17.9 Å². The van der Waals surface area contributed by atoms with E-state index in [9.17, 15) is 14.4 Å². The standard InChI is InChI=1S/C22H31N3O4/c1-14(2)10-15(12-20(26)29-5)22(28)25(4)19(21(27)23-3)11-16-13-24-18-9-7-6-8-17(16)18/h6-9,13-15,19,24H,10-12H2,1-5H3,(H,23,27)/t15?,19-/m0/s1. The van der Waals surface area contributed by atoms with Crippen molar-refractivity contribution in [3.63, 3.8) is 0 Å². The number of carbonyl (C=O) groups is 3. The lowest BCUT2D eigenvalue weighted by atomic mass is 9.92. The van der Waals surface area contributed by atoms with Crippen LogP contribution in [0.5, 0.6) is 0 Å². The Labute approximate surface area is 171 Å². The highest BCUT2D eigenvalue weighted by Gasteiger charge is 2.33. The maximum absolute atomic E-state index is 13.2. The van der Waals surface area contributed by atoms with Crippen molar-refractivity contribution < 1.29 is 19.1 Å². The number of fused-ring (bicyclic) bond motifs is 1. The van der Waals surface area contributed by atoms with Gasteiger partial charge in [-0.05, 0) is 24.0 Å². The first-order chi connectivity index (χ1) is 13.8. The lowest BCUT2D eigenvalue weighted by Gasteiger charge is -2.30. The number of methoxy groups -OCH3 is 1. The molecule has 0 fully saturated rings. The molecule has 2 atom stereocenters. The highest BCUT2D eigenvalue weighted by Crippen LogP contribution is 2.23. The van der Waals surface area contributed by atoms with Gasteiger partial charge in [-0.15, -0.1) is 0 Å². The minimum absolute atomic E-state index is 0.00536. The molecule has 2 rings (SSSR count). The maximum atomic E-state index is 13.2. The summed E-state index contributed by atoms with van der Waals surface area (Å²) in [6, 6.07) is 7.16. The summed E-state index contributed by atoms with van der Waals surface area (Å²) in [5.74, 6) is -1.19. The Morgan fingerprint density at radius 3 is 2.52 bits per heavy atom. The van der Waals surface area contributed by atoms with Crippen LogP contribution in [0.2, 0.25) is 0 Å². The van der Waals surface area contributed by atoms with Crippen LogP contribution < -0.4 is 5.32 Å². The second-order valence-corrected chi connectivity index (χ2v) is 7.75. The zero-order valence-electron chi connectivity index (χ0n) is 17.8. The molecule has 7 heteroatoms. The van der Waals surface area contributed by atoms with E-state index in [0.717, 1.165) is 16.5 Å². The zero-order chi connectivity index (χ0) is 21.6. The topological polar surface area (TPSA) is 91.5 Å². The van der Waals surface area contributed by atoms with Gasteiger partial charge in [0.1, 0.15) is 6.04 Å². The number of aromatic nitrogens is 1. The number of carbonyl (C=O) groups excluding carboxylic acids is 3. The molecule has 7 nitrogen and oxygen atoms in total. The van der Waals surface area contributed by atoms with Gasteiger partial charge in [0.15, 0.2) is 0 Å². The van der Waals surface area contributed by atoms with Gasteiger partial charge in [-0.2, -0.15) is 0 Å². The number of nitrogens with one attached hydrogen (secondary N) is 2. The second-order valence-electron chi connectivity index (χ2n) is 7.75. The van der Waals surface area contributed by atoms with Crippen LogP contribution in [0.3, 0.4) is 0 Å². The SMILES string of the molecule is CNC(=O)[C@H](Cc1c[nH]c2ccccc12)N(C)C(=O)C(CC(=O)OC)CC(C)C. The van der Waals surface area contributed by atoms with Crippen LogP contribution in [0.15, 0.2) is 30.5 Å². The van der Waals surface area contributed by atoms with Gasteiger partial charge in [-0.3, -0.25) is 14.4 Å². The number of para-hydroxylation sites is 1. The van der Waals surface area contributed by atoms with E-state index in [-0.39, 0.29) is 24.2 Å². The molecular weight excluding hydrogens is 370 g/mol. The third-order valence-corrected chi connectivity index (χ3v) is 5.20. The van der Waals surface area contributed by atoms with Gasteiger partial charge in [0.25, 0.3) is 0 Å². The molecule has 0 radical (unpaired) electrons. The quantitative estimate of drug-likeness (QED) is 0.632. The minimum atomic E-state index is -0.681. The number of H-pyrrole nitrogens is 1. The van der Waals surface area contributed by atoms with Gasteiger partial charge in [-0.25, -0.2) is 0 Å². The van der Waals surface area contributed by atoms with E-state index in [1.165, 1.54) is 12.0 Å². The molecule has 29 heavy (non-hydrogen) atoms. The maximum Gasteiger partial charge on any atom is 0.306 e. The second kappa shape index (κ2) is 10.1. The molecule has 0 saturated carbocycles. The van der Waals surface area contributed by atoms with Crippen molar-refractivity contribution in [2.75, 3.05) is 21.2 Å². The Kier molecular flexibility index (Phi) is 7.82. The molecule has 1 unspecified atom stereocenters. The molecule has 0 aliphatic carbocycles. The first kappa shape index (κ1) is 22.5. The normalized spacial score (nSPS) is 13.2. The van der Waals surface area contributed by atoms with Crippen LogP contribution in [0, 0.1) is 11.8 Å². The minimum Gasteiger partial charge on any atom is -0.469 e. The van der Waals surface area contributed by atoms with Gasteiger partial charge < -0.3 is 19.9 Å². The lowest BCUT2D eigenvalue weighted by Crippen LogP contribution is -2.50. The summed E-state index contributed by atoms with van der Waals surface area (Å²) >= 11 is 0. The number of rotatable bonds is 9.